The van der Waals surface area contributed by atoms with E-state index in [1.807, 2.05) is 0 Å². The molecule has 0 saturated heterocycles. The summed E-state index contributed by atoms with van der Waals surface area (Å²) in [6.45, 7) is 0. The van der Waals surface area contributed by atoms with Crippen LogP contribution in [0.3, 0.4) is 0 Å². The van der Waals surface area contributed by atoms with Crippen molar-refractivity contribution in [3.63, 3.8) is 0 Å². The molecule has 0 aromatic heterocycles. The van der Waals surface area contributed by atoms with E-state index in [9.17, 15) is 24.2 Å². The van der Waals surface area contributed by atoms with Crippen LogP contribution < -0.4 is 5.32 Å². The summed E-state index contributed by atoms with van der Waals surface area (Å²) in [4.78, 5) is 22.7. The highest BCUT2D eigenvalue weighted by Crippen LogP contribution is 2.23. The van der Waals surface area contributed by atoms with Crippen molar-refractivity contribution in [2.24, 2.45) is 0 Å². The fourth-order valence-electron chi connectivity index (χ4n) is 1.67. The van der Waals surface area contributed by atoms with Crippen molar-refractivity contribution in [2.75, 3.05) is 5.32 Å². The molecule has 21 heavy (non-hydrogen) atoms. The summed E-state index contributed by atoms with van der Waals surface area (Å²) in [7, 11) is 0. The van der Waals surface area contributed by atoms with Crippen LogP contribution in [0.1, 0.15) is 20.7 Å². The van der Waals surface area contributed by atoms with E-state index in [1.54, 1.807) is 0 Å². The van der Waals surface area contributed by atoms with Crippen molar-refractivity contribution in [2.45, 2.75) is 0 Å². The zero-order chi connectivity index (χ0) is 15.6. The van der Waals surface area contributed by atoms with Crippen LogP contribution in [0.4, 0.5) is 10.1 Å². The molecule has 0 unspecified atom stereocenters. The quantitative estimate of drug-likeness (QED) is 0.648. The molecule has 0 fully saturated rings. The number of halogens is 1. The summed E-state index contributed by atoms with van der Waals surface area (Å²) in [5.74, 6) is -3.75. The van der Waals surface area contributed by atoms with E-state index in [-0.39, 0.29) is 22.7 Å². The minimum absolute atomic E-state index is 0.0431. The number of phenols is 2. The van der Waals surface area contributed by atoms with E-state index in [0.717, 1.165) is 24.3 Å². The number of hydrogen-bond acceptors (Lipinski definition) is 4. The summed E-state index contributed by atoms with van der Waals surface area (Å²) in [6, 6.07) is 6.42. The lowest BCUT2D eigenvalue weighted by Gasteiger charge is -2.08. The normalized spacial score (nSPS) is 10.1. The first-order valence-corrected chi connectivity index (χ1v) is 5.74. The number of carbonyl (C=O) groups is 2. The number of nitrogens with one attached hydrogen (secondary N) is 1. The molecule has 0 radical (unpaired) electrons. The molecule has 0 aliphatic carbocycles. The molecule has 7 heteroatoms. The molecule has 2 aromatic rings. The zero-order valence-electron chi connectivity index (χ0n) is 10.5. The number of benzene rings is 2. The van der Waals surface area contributed by atoms with Gasteiger partial charge in [0.1, 0.15) is 17.3 Å². The van der Waals surface area contributed by atoms with Gasteiger partial charge in [-0.2, -0.15) is 0 Å². The number of carbonyl (C=O) groups excluding carboxylic acids is 1. The molecule has 4 N–H and O–H groups in total. The Balaban J connectivity index is 2.29. The number of carboxylic acids is 1. The Kier molecular flexibility index (Phi) is 3.75. The number of rotatable bonds is 3. The van der Waals surface area contributed by atoms with Crippen LogP contribution >= 0.6 is 0 Å². The van der Waals surface area contributed by atoms with Gasteiger partial charge in [-0.3, -0.25) is 4.79 Å². The summed E-state index contributed by atoms with van der Waals surface area (Å²) < 4.78 is 13.2. The minimum Gasteiger partial charge on any atom is -0.508 e. The third-order valence-corrected chi connectivity index (χ3v) is 2.68. The highest BCUT2D eigenvalue weighted by Gasteiger charge is 2.15. The van der Waals surface area contributed by atoms with Gasteiger partial charge >= 0.3 is 5.97 Å². The molecule has 0 spiro atoms. The highest BCUT2D eigenvalue weighted by atomic mass is 19.1. The maximum absolute atomic E-state index is 13.2. The van der Waals surface area contributed by atoms with Gasteiger partial charge < -0.3 is 20.6 Å². The number of aromatic hydroxyl groups is 2. The van der Waals surface area contributed by atoms with Gasteiger partial charge in [0.15, 0.2) is 0 Å². The molecule has 6 nitrogen and oxygen atoms in total. The lowest BCUT2D eigenvalue weighted by molar-refractivity contribution is 0.0691. The average Bonchev–Trinajstić information content (AvgIpc) is 2.43. The second kappa shape index (κ2) is 5.49. The monoisotopic (exact) mass is 291 g/mol. The Labute approximate surface area is 118 Å². The van der Waals surface area contributed by atoms with Gasteiger partial charge in [0.25, 0.3) is 5.91 Å². The minimum atomic E-state index is -1.47. The molecule has 0 heterocycles. The molecular formula is C14H10FNO5. The first-order chi connectivity index (χ1) is 9.88. The predicted octanol–water partition coefficient (Wildman–Crippen LogP) is 2.19. The van der Waals surface area contributed by atoms with Crippen LogP contribution in [0.2, 0.25) is 0 Å². The predicted molar refractivity (Wildman–Crippen MR) is 71.1 cm³/mol. The van der Waals surface area contributed by atoms with E-state index in [1.165, 1.54) is 12.1 Å². The fraction of sp³-hybridized carbons (Fsp3) is 0. The molecule has 1 amide bonds. The molecule has 2 aromatic carbocycles. The Morgan fingerprint density at radius 1 is 1.00 bits per heavy atom. The van der Waals surface area contributed by atoms with E-state index in [2.05, 4.69) is 5.32 Å². The van der Waals surface area contributed by atoms with Gasteiger partial charge in [0, 0.05) is 5.69 Å². The third kappa shape index (κ3) is 3.08. The summed E-state index contributed by atoms with van der Waals surface area (Å²) in [5, 5.41) is 29.9. The van der Waals surface area contributed by atoms with Crippen LogP contribution in [0.25, 0.3) is 0 Å². The maximum atomic E-state index is 13.2. The number of aromatic carboxylic acids is 1. The topological polar surface area (TPSA) is 107 Å². The molecular weight excluding hydrogens is 281 g/mol. The standard InChI is InChI=1S/C14H10FNO5/c15-11-3-1-7(5-9(11)14(20)21)16-13(19)10-6-8(17)2-4-12(10)18/h1-6,17-18H,(H,16,19)(H,20,21). The smallest absolute Gasteiger partial charge is 0.338 e. The summed E-state index contributed by atoms with van der Waals surface area (Å²) in [5.41, 5.74) is -0.745. The molecule has 0 aliphatic rings. The molecule has 0 saturated carbocycles. The fourth-order valence-corrected chi connectivity index (χ4v) is 1.67. The number of hydrogen-bond donors (Lipinski definition) is 4. The zero-order valence-corrected chi connectivity index (χ0v) is 10.5. The first-order valence-electron chi connectivity index (χ1n) is 5.74. The molecule has 0 atom stereocenters. The van der Waals surface area contributed by atoms with E-state index >= 15 is 0 Å². The van der Waals surface area contributed by atoms with Crippen LogP contribution in [0.5, 0.6) is 11.5 Å². The van der Waals surface area contributed by atoms with E-state index in [4.69, 9.17) is 5.11 Å². The largest absolute Gasteiger partial charge is 0.508 e. The van der Waals surface area contributed by atoms with Gasteiger partial charge in [-0.25, -0.2) is 9.18 Å². The SMILES string of the molecule is O=C(Nc1ccc(F)c(C(=O)O)c1)c1cc(O)ccc1O. The van der Waals surface area contributed by atoms with Gasteiger partial charge in [-0.05, 0) is 36.4 Å². The van der Waals surface area contributed by atoms with Crippen molar-refractivity contribution in [1.82, 2.24) is 0 Å². The number of carboxylic acid groups (broad SMARTS) is 1. The van der Waals surface area contributed by atoms with Crippen LogP contribution in [-0.2, 0) is 0 Å². The molecule has 0 bridgehead atoms. The summed E-state index contributed by atoms with van der Waals surface area (Å²) in [6.07, 6.45) is 0. The van der Waals surface area contributed by atoms with Crippen molar-refractivity contribution < 1.29 is 29.3 Å². The van der Waals surface area contributed by atoms with E-state index < -0.39 is 23.3 Å². The van der Waals surface area contributed by atoms with Crippen molar-refractivity contribution in [1.29, 1.82) is 0 Å². The highest BCUT2D eigenvalue weighted by molar-refractivity contribution is 6.06. The second-order valence-corrected chi connectivity index (χ2v) is 4.16. The molecule has 0 aliphatic heterocycles. The Hall–Kier alpha value is -3.09. The van der Waals surface area contributed by atoms with Crippen molar-refractivity contribution >= 4 is 17.6 Å². The third-order valence-electron chi connectivity index (χ3n) is 2.68. The molecule has 2 rings (SSSR count). The van der Waals surface area contributed by atoms with Gasteiger partial charge in [-0.1, -0.05) is 0 Å². The second-order valence-electron chi connectivity index (χ2n) is 4.16. The van der Waals surface area contributed by atoms with Gasteiger partial charge in [0.05, 0.1) is 11.1 Å². The molecule has 108 valence electrons. The van der Waals surface area contributed by atoms with Gasteiger partial charge in [-0.15, -0.1) is 0 Å². The van der Waals surface area contributed by atoms with Crippen LogP contribution in [-0.4, -0.2) is 27.2 Å². The Morgan fingerprint density at radius 2 is 1.71 bits per heavy atom. The number of amides is 1. The first kappa shape index (κ1) is 14.3. The number of phenolic OH excluding ortho intramolecular Hbond substituents is 2. The average molecular weight is 291 g/mol. The van der Waals surface area contributed by atoms with Crippen LogP contribution in [0.15, 0.2) is 36.4 Å². The van der Waals surface area contributed by atoms with E-state index in [0.29, 0.717) is 0 Å². The Morgan fingerprint density at radius 3 is 2.38 bits per heavy atom. The Bertz CT molecular complexity index is 729. The lowest BCUT2D eigenvalue weighted by Crippen LogP contribution is -2.13. The number of anilines is 1. The summed E-state index contributed by atoms with van der Waals surface area (Å²) >= 11 is 0. The maximum Gasteiger partial charge on any atom is 0.338 e. The van der Waals surface area contributed by atoms with Crippen molar-refractivity contribution in [3.8, 4) is 11.5 Å². The van der Waals surface area contributed by atoms with Gasteiger partial charge in [0.2, 0.25) is 0 Å². The van der Waals surface area contributed by atoms with Crippen molar-refractivity contribution in [3.05, 3.63) is 53.3 Å². The lowest BCUT2D eigenvalue weighted by atomic mass is 10.1. The van der Waals surface area contributed by atoms with Crippen LogP contribution in [0, 0.1) is 5.82 Å².